The molecule has 3 rings (SSSR count). The van der Waals surface area contributed by atoms with Gasteiger partial charge in [-0.3, -0.25) is 0 Å². The van der Waals surface area contributed by atoms with Crippen molar-refractivity contribution < 1.29 is 19.3 Å². The monoisotopic (exact) mass is 208 g/mol. The zero-order valence-corrected chi connectivity index (χ0v) is 8.18. The van der Waals surface area contributed by atoms with E-state index in [2.05, 4.69) is 0 Å². The number of benzene rings is 1. The fourth-order valence-electron chi connectivity index (χ4n) is 1.71. The summed E-state index contributed by atoms with van der Waals surface area (Å²) < 4.78 is 15.5. The summed E-state index contributed by atoms with van der Waals surface area (Å²) in [6.45, 7) is 1.03. The van der Waals surface area contributed by atoms with Gasteiger partial charge in [0.2, 0.25) is 6.79 Å². The molecule has 2 atom stereocenters. The van der Waals surface area contributed by atoms with Crippen LogP contribution in [-0.2, 0) is 4.74 Å². The molecule has 15 heavy (non-hydrogen) atoms. The lowest BCUT2D eigenvalue weighted by Gasteiger charge is -2.09. The minimum Gasteiger partial charge on any atom is -0.454 e. The number of hydrogen-bond donors (Lipinski definition) is 1. The Morgan fingerprint density at radius 1 is 1.33 bits per heavy atom. The maximum atomic E-state index is 9.89. The molecule has 2 heterocycles. The van der Waals surface area contributed by atoms with E-state index in [1.165, 1.54) is 0 Å². The Labute approximate surface area is 87.4 Å². The van der Waals surface area contributed by atoms with E-state index in [0.29, 0.717) is 12.2 Å². The van der Waals surface area contributed by atoms with Crippen LogP contribution in [-0.4, -0.2) is 24.6 Å². The van der Waals surface area contributed by atoms with Crippen molar-refractivity contribution in [3.05, 3.63) is 23.8 Å². The standard InChI is InChI=1S/C11H12O4/c12-9(4-8-5-13-8)7-1-2-10-11(3-7)15-6-14-10/h1-3,8-9,12H,4-6H2. The summed E-state index contributed by atoms with van der Waals surface area (Å²) in [5, 5.41) is 9.89. The largest absolute Gasteiger partial charge is 0.454 e. The van der Waals surface area contributed by atoms with Gasteiger partial charge in [-0.25, -0.2) is 0 Å². The third-order valence-corrected chi connectivity index (χ3v) is 2.67. The van der Waals surface area contributed by atoms with Crippen LogP contribution in [0.25, 0.3) is 0 Å². The van der Waals surface area contributed by atoms with Gasteiger partial charge in [-0.05, 0) is 17.7 Å². The molecule has 0 aromatic heterocycles. The summed E-state index contributed by atoms with van der Waals surface area (Å²) in [5.74, 6) is 1.46. The molecule has 4 heteroatoms. The van der Waals surface area contributed by atoms with E-state index in [4.69, 9.17) is 14.2 Å². The molecule has 1 saturated heterocycles. The summed E-state index contributed by atoms with van der Waals surface area (Å²) in [4.78, 5) is 0. The highest BCUT2D eigenvalue weighted by Crippen LogP contribution is 2.35. The third-order valence-electron chi connectivity index (χ3n) is 2.67. The van der Waals surface area contributed by atoms with Crippen molar-refractivity contribution in [2.75, 3.05) is 13.4 Å². The molecule has 2 unspecified atom stereocenters. The minimum atomic E-state index is -0.480. The molecular weight excluding hydrogens is 196 g/mol. The Morgan fingerprint density at radius 3 is 2.93 bits per heavy atom. The summed E-state index contributed by atoms with van der Waals surface area (Å²) in [6.07, 6.45) is 0.400. The minimum absolute atomic E-state index is 0.227. The van der Waals surface area contributed by atoms with Crippen LogP contribution in [0.4, 0.5) is 0 Å². The molecule has 1 aromatic rings. The predicted molar refractivity (Wildman–Crippen MR) is 51.9 cm³/mol. The second kappa shape index (κ2) is 3.40. The Bertz CT molecular complexity index is 373. The van der Waals surface area contributed by atoms with Crippen molar-refractivity contribution in [1.29, 1.82) is 0 Å². The van der Waals surface area contributed by atoms with Crippen LogP contribution in [0.15, 0.2) is 18.2 Å². The molecule has 0 amide bonds. The molecule has 1 N–H and O–H groups in total. The number of rotatable bonds is 3. The molecule has 0 bridgehead atoms. The number of aliphatic hydroxyl groups excluding tert-OH is 1. The van der Waals surface area contributed by atoms with E-state index in [1.807, 2.05) is 18.2 Å². The first kappa shape index (κ1) is 9.00. The fourth-order valence-corrected chi connectivity index (χ4v) is 1.71. The van der Waals surface area contributed by atoms with Gasteiger partial charge in [0.25, 0.3) is 0 Å². The van der Waals surface area contributed by atoms with Crippen molar-refractivity contribution >= 4 is 0 Å². The number of aliphatic hydroxyl groups is 1. The number of epoxide rings is 1. The van der Waals surface area contributed by atoms with E-state index in [9.17, 15) is 5.11 Å². The SMILES string of the molecule is OC(CC1CO1)c1ccc2c(c1)OCO2. The van der Waals surface area contributed by atoms with E-state index in [1.54, 1.807) is 0 Å². The molecule has 0 radical (unpaired) electrons. The van der Waals surface area contributed by atoms with E-state index >= 15 is 0 Å². The van der Waals surface area contributed by atoms with Crippen molar-refractivity contribution in [3.8, 4) is 11.5 Å². The third kappa shape index (κ3) is 1.78. The normalized spacial score (nSPS) is 23.9. The molecule has 1 fully saturated rings. The average Bonchev–Trinajstić information content (AvgIpc) is 2.94. The molecule has 2 aliphatic rings. The molecule has 0 spiro atoms. The molecule has 1 aromatic carbocycles. The predicted octanol–water partition coefficient (Wildman–Crippen LogP) is 1.24. The zero-order chi connectivity index (χ0) is 10.3. The molecule has 0 aliphatic carbocycles. The Balaban J connectivity index is 1.78. The number of hydrogen-bond acceptors (Lipinski definition) is 4. The molecule has 0 saturated carbocycles. The van der Waals surface area contributed by atoms with Crippen molar-refractivity contribution in [1.82, 2.24) is 0 Å². The van der Waals surface area contributed by atoms with Gasteiger partial charge in [-0.2, -0.15) is 0 Å². The number of ether oxygens (including phenoxy) is 3. The highest BCUT2D eigenvalue weighted by atomic mass is 16.7. The van der Waals surface area contributed by atoms with Gasteiger partial charge in [-0.1, -0.05) is 6.07 Å². The first-order valence-corrected chi connectivity index (χ1v) is 5.02. The zero-order valence-electron chi connectivity index (χ0n) is 8.18. The second-order valence-corrected chi connectivity index (χ2v) is 3.82. The van der Waals surface area contributed by atoms with E-state index < -0.39 is 6.10 Å². The van der Waals surface area contributed by atoms with Crippen molar-refractivity contribution in [3.63, 3.8) is 0 Å². The first-order chi connectivity index (χ1) is 7.33. The smallest absolute Gasteiger partial charge is 0.231 e. The van der Waals surface area contributed by atoms with E-state index in [-0.39, 0.29) is 12.9 Å². The molecule has 80 valence electrons. The van der Waals surface area contributed by atoms with Crippen LogP contribution in [0, 0.1) is 0 Å². The molecular formula is C11H12O4. The van der Waals surface area contributed by atoms with Crippen LogP contribution >= 0.6 is 0 Å². The van der Waals surface area contributed by atoms with Gasteiger partial charge < -0.3 is 19.3 Å². The Kier molecular flexibility index (Phi) is 2.04. The Morgan fingerprint density at radius 2 is 2.13 bits per heavy atom. The van der Waals surface area contributed by atoms with Crippen molar-refractivity contribution in [2.45, 2.75) is 18.6 Å². The maximum absolute atomic E-state index is 9.89. The lowest BCUT2D eigenvalue weighted by atomic mass is 10.0. The summed E-state index contributed by atoms with van der Waals surface area (Å²) in [6, 6.07) is 5.52. The Hall–Kier alpha value is -1.26. The second-order valence-electron chi connectivity index (χ2n) is 3.82. The first-order valence-electron chi connectivity index (χ1n) is 5.02. The van der Waals surface area contributed by atoms with Gasteiger partial charge in [0, 0.05) is 6.42 Å². The number of fused-ring (bicyclic) bond motifs is 1. The van der Waals surface area contributed by atoms with E-state index in [0.717, 1.165) is 17.9 Å². The van der Waals surface area contributed by atoms with Gasteiger partial charge in [0.1, 0.15) is 0 Å². The van der Waals surface area contributed by atoms with Gasteiger partial charge in [-0.15, -0.1) is 0 Å². The molecule has 4 nitrogen and oxygen atoms in total. The van der Waals surface area contributed by atoms with Crippen LogP contribution < -0.4 is 9.47 Å². The summed E-state index contributed by atoms with van der Waals surface area (Å²) in [7, 11) is 0. The fraction of sp³-hybridized carbons (Fsp3) is 0.455. The quantitative estimate of drug-likeness (QED) is 0.759. The van der Waals surface area contributed by atoms with Crippen molar-refractivity contribution in [2.24, 2.45) is 0 Å². The van der Waals surface area contributed by atoms with Crippen LogP contribution in [0.3, 0.4) is 0 Å². The van der Waals surface area contributed by atoms with Gasteiger partial charge in [0.15, 0.2) is 11.5 Å². The van der Waals surface area contributed by atoms with Crippen LogP contribution in [0.2, 0.25) is 0 Å². The lowest BCUT2D eigenvalue weighted by molar-refractivity contribution is 0.153. The molecule has 2 aliphatic heterocycles. The highest BCUT2D eigenvalue weighted by Gasteiger charge is 2.27. The van der Waals surface area contributed by atoms with Gasteiger partial charge >= 0.3 is 0 Å². The topological polar surface area (TPSA) is 51.2 Å². The highest BCUT2D eigenvalue weighted by molar-refractivity contribution is 5.45. The average molecular weight is 208 g/mol. The van der Waals surface area contributed by atoms with Crippen LogP contribution in [0.1, 0.15) is 18.1 Å². The van der Waals surface area contributed by atoms with Gasteiger partial charge in [0.05, 0.1) is 18.8 Å². The van der Waals surface area contributed by atoms with Crippen LogP contribution in [0.5, 0.6) is 11.5 Å². The maximum Gasteiger partial charge on any atom is 0.231 e. The summed E-state index contributed by atoms with van der Waals surface area (Å²) in [5.41, 5.74) is 0.856. The summed E-state index contributed by atoms with van der Waals surface area (Å²) >= 11 is 0. The lowest BCUT2D eigenvalue weighted by Crippen LogP contribution is -2.01.